The van der Waals surface area contributed by atoms with Crippen LogP contribution in [0, 0.1) is 17.3 Å². The summed E-state index contributed by atoms with van der Waals surface area (Å²) in [5.74, 6) is 2.93. The number of hydrogen-bond acceptors (Lipinski definition) is 5. The highest BCUT2D eigenvalue weighted by Crippen LogP contribution is 2.53. The van der Waals surface area contributed by atoms with Crippen LogP contribution in [0.2, 0.25) is 0 Å². The van der Waals surface area contributed by atoms with Crippen molar-refractivity contribution in [3.63, 3.8) is 0 Å². The van der Waals surface area contributed by atoms with Gasteiger partial charge in [-0.3, -0.25) is 4.79 Å². The molecule has 0 radical (unpaired) electrons. The number of hydrogen-bond donors (Lipinski definition) is 0. The Morgan fingerprint density at radius 1 is 0.839 bits per heavy atom. The van der Waals surface area contributed by atoms with Gasteiger partial charge in [-0.15, -0.1) is 0 Å². The van der Waals surface area contributed by atoms with Crippen LogP contribution in [0.5, 0.6) is 23.0 Å². The fourth-order valence-electron chi connectivity index (χ4n) is 5.63. The Morgan fingerprint density at radius 3 is 1.71 bits per heavy atom. The third-order valence-electron chi connectivity index (χ3n) is 7.02. The largest absolute Gasteiger partial charge is 0.490 e. The van der Waals surface area contributed by atoms with E-state index in [4.69, 9.17) is 18.9 Å². The molecule has 0 bridgehead atoms. The summed E-state index contributed by atoms with van der Waals surface area (Å²) >= 11 is 0. The molecule has 31 heavy (non-hydrogen) atoms. The average molecular weight is 423 g/mol. The fourth-order valence-corrected chi connectivity index (χ4v) is 5.63. The van der Waals surface area contributed by atoms with E-state index in [-0.39, 0.29) is 35.2 Å². The van der Waals surface area contributed by atoms with Crippen molar-refractivity contribution in [3.8, 4) is 23.0 Å². The zero-order valence-corrected chi connectivity index (χ0v) is 18.6. The van der Waals surface area contributed by atoms with E-state index in [1.807, 2.05) is 50.2 Å². The van der Waals surface area contributed by atoms with E-state index < -0.39 is 0 Å². The van der Waals surface area contributed by atoms with Gasteiger partial charge in [0.05, 0.1) is 25.0 Å². The molecule has 1 aliphatic carbocycles. The summed E-state index contributed by atoms with van der Waals surface area (Å²) in [4.78, 5) is 13.7. The highest BCUT2D eigenvalue weighted by Gasteiger charge is 2.60. The summed E-state index contributed by atoms with van der Waals surface area (Å²) in [5.41, 5.74) is 1.73. The standard InChI is InChI=1S/C26H30O5/c1-5-28-19-11-7-9-15-13-17-21(27)18-14-16-10-8-12-20(29-6-2)23(16)31-25(18)26(3,4)24(17)30-22(15)19/h7-12,17-18,24-25H,5-6,13-14H2,1-4H3/t17-,18-,24-,25-/m1/s1. The molecule has 0 aromatic heterocycles. The maximum absolute atomic E-state index is 13.7. The van der Waals surface area contributed by atoms with E-state index in [0.717, 1.165) is 34.1 Å². The molecule has 0 amide bonds. The maximum atomic E-state index is 13.7. The minimum Gasteiger partial charge on any atom is -0.490 e. The second kappa shape index (κ2) is 7.47. The van der Waals surface area contributed by atoms with Gasteiger partial charge in [0, 0.05) is 5.41 Å². The molecular weight excluding hydrogens is 392 g/mol. The minimum atomic E-state index is -0.364. The molecule has 0 saturated heterocycles. The first-order valence-corrected chi connectivity index (χ1v) is 11.3. The van der Waals surface area contributed by atoms with Gasteiger partial charge >= 0.3 is 0 Å². The Labute approximate surface area is 183 Å². The normalized spacial score (nSPS) is 27.5. The zero-order chi connectivity index (χ0) is 21.8. The number of rotatable bonds is 4. The highest BCUT2D eigenvalue weighted by atomic mass is 16.5. The van der Waals surface area contributed by atoms with Gasteiger partial charge in [0.1, 0.15) is 18.0 Å². The van der Waals surface area contributed by atoms with Crippen LogP contribution in [0.3, 0.4) is 0 Å². The van der Waals surface area contributed by atoms with Gasteiger partial charge in [0.15, 0.2) is 23.0 Å². The molecule has 0 spiro atoms. The smallest absolute Gasteiger partial charge is 0.164 e. The summed E-state index contributed by atoms with van der Waals surface area (Å²) in [6.07, 6.45) is 0.823. The van der Waals surface area contributed by atoms with Crippen LogP contribution in [-0.2, 0) is 17.6 Å². The van der Waals surface area contributed by atoms with Crippen molar-refractivity contribution in [1.82, 2.24) is 0 Å². The zero-order valence-electron chi connectivity index (χ0n) is 18.6. The maximum Gasteiger partial charge on any atom is 0.164 e. The third-order valence-corrected chi connectivity index (χ3v) is 7.02. The summed E-state index contributed by atoms with van der Waals surface area (Å²) in [6, 6.07) is 11.9. The summed E-state index contributed by atoms with van der Waals surface area (Å²) in [7, 11) is 0. The van der Waals surface area contributed by atoms with Crippen molar-refractivity contribution in [2.75, 3.05) is 13.2 Å². The lowest BCUT2D eigenvalue weighted by molar-refractivity contribution is -0.162. The molecule has 3 aliphatic rings. The Hall–Kier alpha value is -2.69. The molecule has 5 nitrogen and oxygen atoms in total. The number of carbonyl (C=O) groups excluding carboxylic acids is 1. The van der Waals surface area contributed by atoms with Crippen molar-refractivity contribution in [2.45, 2.75) is 52.7 Å². The van der Waals surface area contributed by atoms with Crippen LogP contribution in [0.25, 0.3) is 0 Å². The van der Waals surface area contributed by atoms with Gasteiger partial charge in [0.2, 0.25) is 0 Å². The van der Waals surface area contributed by atoms with Crippen LogP contribution in [0.1, 0.15) is 38.8 Å². The Balaban J connectivity index is 1.54. The number of Topliss-reactive ketones (excluding diaryl/α,β-unsaturated/α-hetero) is 1. The van der Waals surface area contributed by atoms with Gasteiger partial charge in [-0.1, -0.05) is 38.1 Å². The average Bonchev–Trinajstić information content (AvgIpc) is 2.77. The molecule has 5 rings (SSSR count). The van der Waals surface area contributed by atoms with Crippen molar-refractivity contribution < 1.29 is 23.7 Å². The number of para-hydroxylation sites is 2. The molecule has 4 atom stereocenters. The molecule has 2 aromatic carbocycles. The molecular formula is C26H30O5. The summed E-state index contributed by atoms with van der Waals surface area (Å²) in [5, 5.41) is 0. The van der Waals surface area contributed by atoms with Crippen LogP contribution in [0.4, 0.5) is 0 Å². The number of benzene rings is 2. The molecule has 5 heteroatoms. The van der Waals surface area contributed by atoms with Gasteiger partial charge in [-0.25, -0.2) is 0 Å². The topological polar surface area (TPSA) is 54.0 Å². The Kier molecular flexibility index (Phi) is 4.87. The summed E-state index contributed by atoms with van der Waals surface area (Å²) in [6.45, 7) is 9.40. The Morgan fingerprint density at radius 2 is 1.29 bits per heavy atom. The lowest BCUT2D eigenvalue weighted by Crippen LogP contribution is -2.64. The molecule has 1 fully saturated rings. The monoisotopic (exact) mass is 422 g/mol. The van der Waals surface area contributed by atoms with E-state index in [2.05, 4.69) is 13.8 Å². The van der Waals surface area contributed by atoms with Gasteiger partial charge < -0.3 is 18.9 Å². The van der Waals surface area contributed by atoms with Gasteiger partial charge in [0.25, 0.3) is 0 Å². The van der Waals surface area contributed by atoms with Crippen LogP contribution >= 0.6 is 0 Å². The second-order valence-electron chi connectivity index (χ2n) is 9.28. The van der Waals surface area contributed by atoms with E-state index in [9.17, 15) is 4.79 Å². The van der Waals surface area contributed by atoms with Crippen molar-refractivity contribution in [2.24, 2.45) is 17.3 Å². The first kappa shape index (κ1) is 20.2. The number of carbonyl (C=O) groups is 1. The van der Waals surface area contributed by atoms with E-state index in [1.54, 1.807) is 0 Å². The van der Waals surface area contributed by atoms with Crippen LogP contribution in [0.15, 0.2) is 36.4 Å². The molecule has 2 heterocycles. The van der Waals surface area contributed by atoms with Crippen LogP contribution in [-0.4, -0.2) is 31.2 Å². The number of fused-ring (bicyclic) bond motifs is 4. The van der Waals surface area contributed by atoms with Gasteiger partial charge in [-0.05, 0) is 49.9 Å². The minimum absolute atomic E-state index is 0.180. The predicted octanol–water partition coefficient (Wildman–Crippen LogP) is 4.63. The van der Waals surface area contributed by atoms with E-state index in [0.29, 0.717) is 26.1 Å². The molecule has 0 unspecified atom stereocenters. The first-order valence-electron chi connectivity index (χ1n) is 11.3. The van der Waals surface area contributed by atoms with E-state index >= 15 is 0 Å². The summed E-state index contributed by atoms with van der Waals surface area (Å²) < 4.78 is 24.8. The lowest BCUT2D eigenvalue weighted by Gasteiger charge is -2.54. The highest BCUT2D eigenvalue weighted by molar-refractivity contribution is 5.87. The van der Waals surface area contributed by atoms with Crippen molar-refractivity contribution >= 4 is 5.78 Å². The number of ketones is 1. The molecule has 2 aliphatic heterocycles. The molecule has 1 saturated carbocycles. The van der Waals surface area contributed by atoms with Gasteiger partial charge in [-0.2, -0.15) is 0 Å². The number of ether oxygens (including phenoxy) is 4. The Bertz CT molecular complexity index is 933. The second-order valence-corrected chi connectivity index (χ2v) is 9.28. The first-order chi connectivity index (χ1) is 15.0. The van der Waals surface area contributed by atoms with Crippen molar-refractivity contribution in [3.05, 3.63) is 47.5 Å². The van der Waals surface area contributed by atoms with Crippen LogP contribution < -0.4 is 18.9 Å². The third kappa shape index (κ3) is 3.08. The van der Waals surface area contributed by atoms with E-state index in [1.165, 1.54) is 0 Å². The molecule has 0 N–H and O–H groups in total. The SMILES string of the molecule is CCOc1cccc2c1O[C@@H]1[C@H](C2)C(=O)[C@H]2Cc3cccc(OCC)c3O[C@H]2C1(C)C. The van der Waals surface area contributed by atoms with Crippen molar-refractivity contribution in [1.29, 1.82) is 0 Å². The molecule has 164 valence electrons. The predicted molar refractivity (Wildman–Crippen MR) is 117 cm³/mol. The molecule has 2 aromatic rings. The quantitative estimate of drug-likeness (QED) is 0.719. The fraction of sp³-hybridized carbons (Fsp3) is 0.500. The lowest BCUT2D eigenvalue weighted by atomic mass is 9.59.